The van der Waals surface area contributed by atoms with Gasteiger partial charge in [0.2, 0.25) is 0 Å². The van der Waals surface area contributed by atoms with Gasteiger partial charge in [0.1, 0.15) is 11.4 Å². The third kappa shape index (κ3) is 5.25. The van der Waals surface area contributed by atoms with Crippen LogP contribution < -0.4 is 4.74 Å². The summed E-state index contributed by atoms with van der Waals surface area (Å²) < 4.78 is 6.19. The van der Waals surface area contributed by atoms with Gasteiger partial charge in [-0.1, -0.05) is 13.0 Å². The van der Waals surface area contributed by atoms with E-state index in [0.717, 1.165) is 33.8 Å². The van der Waals surface area contributed by atoms with Crippen LogP contribution in [0.2, 0.25) is 0 Å². The summed E-state index contributed by atoms with van der Waals surface area (Å²) in [7, 11) is 0. The van der Waals surface area contributed by atoms with Crippen LogP contribution in [0.3, 0.4) is 0 Å². The number of rotatable bonds is 7. The molecule has 0 atom stereocenters. The van der Waals surface area contributed by atoms with E-state index < -0.39 is 0 Å². The molecule has 0 aromatic heterocycles. The molecule has 0 unspecified atom stereocenters. The Kier molecular flexibility index (Phi) is 6.71. The molecule has 0 heterocycles. The number of thioether (sulfide) groups is 1. The van der Waals surface area contributed by atoms with E-state index in [1.165, 1.54) is 0 Å². The smallest absolute Gasteiger partial charge is 0.185 e. The second-order valence-electron chi connectivity index (χ2n) is 7.13. The number of aryl methyl sites for hydroxylation is 2. The van der Waals surface area contributed by atoms with Crippen molar-refractivity contribution in [1.82, 2.24) is 0 Å². The fourth-order valence-corrected chi connectivity index (χ4v) is 3.02. The standard InChI is InChI=1S/C23H28O2S/c1-7-23(4,5)25-22-16(2)14-18(15-17(22)3)8-13-21(24)19-9-11-20(26-6)12-10-19/h8-15H,7H2,1-6H3/b13-8+. The Labute approximate surface area is 161 Å². The monoisotopic (exact) mass is 368 g/mol. The molecule has 0 spiro atoms. The number of ether oxygens (including phenoxy) is 1. The highest BCUT2D eigenvalue weighted by Gasteiger charge is 2.19. The van der Waals surface area contributed by atoms with Crippen molar-refractivity contribution in [2.75, 3.05) is 6.26 Å². The minimum absolute atomic E-state index is 0.0143. The van der Waals surface area contributed by atoms with Gasteiger partial charge in [0.15, 0.2) is 5.78 Å². The first-order valence-corrected chi connectivity index (χ1v) is 10.1. The molecule has 2 nitrogen and oxygen atoms in total. The number of ketones is 1. The van der Waals surface area contributed by atoms with Gasteiger partial charge in [-0.2, -0.15) is 0 Å². The lowest BCUT2D eigenvalue weighted by Gasteiger charge is -2.27. The number of carbonyl (C=O) groups excluding carboxylic acids is 1. The molecular formula is C23H28O2S. The van der Waals surface area contributed by atoms with Crippen molar-refractivity contribution in [3.63, 3.8) is 0 Å². The predicted molar refractivity (Wildman–Crippen MR) is 113 cm³/mol. The van der Waals surface area contributed by atoms with Crippen LogP contribution in [-0.4, -0.2) is 17.6 Å². The van der Waals surface area contributed by atoms with E-state index in [0.29, 0.717) is 5.56 Å². The van der Waals surface area contributed by atoms with E-state index in [1.54, 1.807) is 17.8 Å². The van der Waals surface area contributed by atoms with Gasteiger partial charge in [0, 0.05) is 10.5 Å². The van der Waals surface area contributed by atoms with Gasteiger partial charge >= 0.3 is 0 Å². The molecule has 26 heavy (non-hydrogen) atoms. The van der Waals surface area contributed by atoms with Crippen LogP contribution >= 0.6 is 11.8 Å². The highest BCUT2D eigenvalue weighted by atomic mass is 32.2. The molecule has 138 valence electrons. The molecule has 0 N–H and O–H groups in total. The summed E-state index contributed by atoms with van der Waals surface area (Å²) in [5.41, 5.74) is 3.70. The van der Waals surface area contributed by atoms with Crippen LogP contribution in [0.4, 0.5) is 0 Å². The molecule has 2 aromatic carbocycles. The third-order valence-electron chi connectivity index (χ3n) is 4.51. The van der Waals surface area contributed by atoms with Gasteiger partial charge in [-0.3, -0.25) is 4.79 Å². The highest BCUT2D eigenvalue weighted by Crippen LogP contribution is 2.30. The van der Waals surface area contributed by atoms with Crippen molar-refractivity contribution >= 4 is 23.6 Å². The second-order valence-corrected chi connectivity index (χ2v) is 8.00. The summed E-state index contributed by atoms with van der Waals surface area (Å²) in [6.07, 6.45) is 6.48. The van der Waals surface area contributed by atoms with E-state index in [9.17, 15) is 4.79 Å². The molecule has 2 aromatic rings. The summed E-state index contributed by atoms with van der Waals surface area (Å²) in [5, 5.41) is 0. The summed E-state index contributed by atoms with van der Waals surface area (Å²) in [6, 6.07) is 11.8. The largest absolute Gasteiger partial charge is 0.487 e. The van der Waals surface area contributed by atoms with Crippen molar-refractivity contribution in [2.24, 2.45) is 0 Å². The van der Waals surface area contributed by atoms with Crippen molar-refractivity contribution in [2.45, 2.75) is 51.5 Å². The van der Waals surface area contributed by atoms with E-state index in [2.05, 4.69) is 32.9 Å². The SMILES string of the molecule is CCC(C)(C)Oc1c(C)cc(/C=C/C(=O)c2ccc(SC)cc2)cc1C. The summed E-state index contributed by atoms with van der Waals surface area (Å²) in [5.74, 6) is 0.952. The van der Waals surface area contributed by atoms with Crippen LogP contribution in [0.1, 0.15) is 54.2 Å². The Morgan fingerprint density at radius 2 is 1.69 bits per heavy atom. The van der Waals surface area contributed by atoms with E-state index in [4.69, 9.17) is 4.74 Å². The molecule has 0 bridgehead atoms. The van der Waals surface area contributed by atoms with Gasteiger partial charge in [-0.15, -0.1) is 11.8 Å². The molecule has 0 aliphatic carbocycles. The van der Waals surface area contributed by atoms with Gasteiger partial charge in [0.05, 0.1) is 0 Å². The lowest BCUT2D eigenvalue weighted by Crippen LogP contribution is -2.27. The van der Waals surface area contributed by atoms with Crippen molar-refractivity contribution < 1.29 is 9.53 Å². The van der Waals surface area contributed by atoms with Gasteiger partial charge < -0.3 is 4.74 Å². The number of hydrogen-bond donors (Lipinski definition) is 0. The number of hydrogen-bond acceptors (Lipinski definition) is 3. The van der Waals surface area contributed by atoms with Gasteiger partial charge in [0.25, 0.3) is 0 Å². The maximum atomic E-state index is 12.4. The minimum Gasteiger partial charge on any atom is -0.487 e. The van der Waals surface area contributed by atoms with Crippen LogP contribution in [-0.2, 0) is 0 Å². The fraction of sp³-hybridized carbons (Fsp3) is 0.348. The average Bonchev–Trinajstić information content (AvgIpc) is 2.63. The highest BCUT2D eigenvalue weighted by molar-refractivity contribution is 7.98. The maximum Gasteiger partial charge on any atom is 0.185 e. The zero-order valence-electron chi connectivity index (χ0n) is 16.6. The number of benzene rings is 2. The van der Waals surface area contributed by atoms with Crippen molar-refractivity contribution in [3.05, 3.63) is 64.7 Å². The average molecular weight is 369 g/mol. The van der Waals surface area contributed by atoms with Gasteiger partial charge in [-0.05, 0) is 99.5 Å². The van der Waals surface area contributed by atoms with Crippen LogP contribution in [0, 0.1) is 13.8 Å². The number of carbonyl (C=O) groups is 1. The molecule has 0 amide bonds. The second kappa shape index (κ2) is 8.59. The van der Waals surface area contributed by atoms with E-state index in [-0.39, 0.29) is 11.4 Å². The minimum atomic E-state index is -0.189. The lowest BCUT2D eigenvalue weighted by molar-refractivity contribution is 0.103. The molecular weight excluding hydrogens is 340 g/mol. The van der Waals surface area contributed by atoms with E-state index >= 15 is 0 Å². The number of allylic oxidation sites excluding steroid dienone is 1. The van der Waals surface area contributed by atoms with Crippen LogP contribution in [0.25, 0.3) is 6.08 Å². The first-order valence-electron chi connectivity index (χ1n) is 8.92. The topological polar surface area (TPSA) is 26.3 Å². The lowest BCUT2D eigenvalue weighted by atomic mass is 10.0. The van der Waals surface area contributed by atoms with E-state index in [1.807, 2.05) is 50.4 Å². The molecule has 0 aliphatic heterocycles. The predicted octanol–water partition coefficient (Wildman–Crippen LogP) is 6.49. The Hall–Kier alpha value is -2.00. The molecule has 3 heteroatoms. The Balaban J connectivity index is 2.18. The van der Waals surface area contributed by atoms with Crippen molar-refractivity contribution in [1.29, 1.82) is 0 Å². The Morgan fingerprint density at radius 1 is 1.12 bits per heavy atom. The zero-order chi connectivity index (χ0) is 19.3. The first kappa shape index (κ1) is 20.3. The molecule has 0 aliphatic rings. The molecule has 0 saturated heterocycles. The van der Waals surface area contributed by atoms with Crippen LogP contribution in [0.15, 0.2) is 47.4 Å². The Bertz CT molecular complexity index is 778. The molecule has 2 rings (SSSR count). The zero-order valence-corrected chi connectivity index (χ0v) is 17.4. The quantitative estimate of drug-likeness (QED) is 0.317. The fourth-order valence-electron chi connectivity index (χ4n) is 2.61. The van der Waals surface area contributed by atoms with Crippen molar-refractivity contribution in [3.8, 4) is 5.75 Å². The van der Waals surface area contributed by atoms with Crippen LogP contribution in [0.5, 0.6) is 5.75 Å². The molecule has 0 radical (unpaired) electrons. The molecule has 0 saturated carbocycles. The third-order valence-corrected chi connectivity index (χ3v) is 5.26. The normalized spacial score (nSPS) is 11.8. The summed E-state index contributed by atoms with van der Waals surface area (Å²) >= 11 is 1.67. The first-order chi connectivity index (χ1) is 12.3. The summed E-state index contributed by atoms with van der Waals surface area (Å²) in [6.45, 7) is 10.4. The van der Waals surface area contributed by atoms with Gasteiger partial charge in [-0.25, -0.2) is 0 Å². The maximum absolute atomic E-state index is 12.4. The Morgan fingerprint density at radius 3 is 2.19 bits per heavy atom. The summed E-state index contributed by atoms with van der Waals surface area (Å²) in [4.78, 5) is 13.5. The molecule has 0 fully saturated rings.